The number of likely N-dealkylation sites (tertiary alicyclic amines) is 1. The summed E-state index contributed by atoms with van der Waals surface area (Å²) in [5.41, 5.74) is 0. The predicted octanol–water partition coefficient (Wildman–Crippen LogP) is 1.94. The van der Waals surface area contributed by atoms with Crippen LogP contribution >= 0.6 is 0 Å². The van der Waals surface area contributed by atoms with Crippen molar-refractivity contribution in [3.8, 4) is 0 Å². The predicted molar refractivity (Wildman–Crippen MR) is 78.5 cm³/mol. The van der Waals surface area contributed by atoms with Crippen LogP contribution in [0.3, 0.4) is 0 Å². The molecule has 0 bridgehead atoms. The van der Waals surface area contributed by atoms with Crippen molar-refractivity contribution in [2.24, 2.45) is 5.92 Å². The summed E-state index contributed by atoms with van der Waals surface area (Å²) in [5.74, 6) is 0.688. The molecule has 2 aliphatic heterocycles. The molecular weight excluding hydrogens is 252 g/mol. The molecule has 0 aromatic carbocycles. The minimum atomic E-state index is 0.236. The van der Waals surface area contributed by atoms with Crippen molar-refractivity contribution in [2.45, 2.75) is 63.5 Å². The third kappa shape index (κ3) is 3.73. The summed E-state index contributed by atoms with van der Waals surface area (Å²) in [6.07, 6.45) is 9.55. The van der Waals surface area contributed by atoms with E-state index in [1.54, 1.807) is 0 Å². The lowest BCUT2D eigenvalue weighted by molar-refractivity contribution is -0.123. The van der Waals surface area contributed by atoms with Gasteiger partial charge in [-0.15, -0.1) is 0 Å². The second-order valence-electron chi connectivity index (χ2n) is 6.75. The van der Waals surface area contributed by atoms with Crippen LogP contribution in [0.25, 0.3) is 0 Å². The molecule has 4 heteroatoms. The SMILES string of the molecule is O=C(C[C@H]1CCOC1)NC1CCN(C2CCCC2)CC1. The summed E-state index contributed by atoms with van der Waals surface area (Å²) in [6, 6.07) is 1.24. The van der Waals surface area contributed by atoms with Crippen LogP contribution in [0.1, 0.15) is 51.4 Å². The molecule has 20 heavy (non-hydrogen) atoms. The first kappa shape index (κ1) is 14.3. The number of rotatable bonds is 4. The van der Waals surface area contributed by atoms with E-state index in [-0.39, 0.29) is 5.91 Å². The summed E-state index contributed by atoms with van der Waals surface area (Å²) < 4.78 is 5.33. The zero-order chi connectivity index (χ0) is 13.8. The standard InChI is InChI=1S/C16H28N2O2/c19-16(11-13-7-10-20-12-13)17-14-5-8-18(9-6-14)15-3-1-2-4-15/h13-15H,1-12H2,(H,17,19)/t13-/m1/s1. The molecule has 1 atom stereocenters. The van der Waals surface area contributed by atoms with E-state index in [1.165, 1.54) is 38.8 Å². The minimum absolute atomic E-state index is 0.236. The second kappa shape index (κ2) is 6.90. The van der Waals surface area contributed by atoms with Crippen molar-refractivity contribution >= 4 is 5.91 Å². The molecule has 3 rings (SSSR count). The van der Waals surface area contributed by atoms with Gasteiger partial charge >= 0.3 is 0 Å². The average Bonchev–Trinajstić information content (AvgIpc) is 3.12. The quantitative estimate of drug-likeness (QED) is 0.855. The smallest absolute Gasteiger partial charge is 0.220 e. The maximum absolute atomic E-state index is 12.0. The maximum Gasteiger partial charge on any atom is 0.220 e. The molecule has 114 valence electrons. The van der Waals surface area contributed by atoms with Crippen molar-refractivity contribution in [1.29, 1.82) is 0 Å². The van der Waals surface area contributed by atoms with E-state index < -0.39 is 0 Å². The highest BCUT2D eigenvalue weighted by Gasteiger charge is 2.28. The molecule has 0 unspecified atom stereocenters. The molecule has 0 spiro atoms. The first-order valence-electron chi connectivity index (χ1n) is 8.42. The van der Waals surface area contributed by atoms with Gasteiger partial charge in [-0.2, -0.15) is 0 Å². The van der Waals surface area contributed by atoms with Crippen LogP contribution < -0.4 is 5.32 Å². The molecule has 4 nitrogen and oxygen atoms in total. The fraction of sp³-hybridized carbons (Fsp3) is 0.938. The summed E-state index contributed by atoms with van der Waals surface area (Å²) in [4.78, 5) is 14.7. The Kier molecular flexibility index (Phi) is 4.94. The van der Waals surface area contributed by atoms with Crippen LogP contribution in [-0.4, -0.2) is 49.2 Å². The molecule has 1 N–H and O–H groups in total. The van der Waals surface area contributed by atoms with Crippen molar-refractivity contribution in [3.05, 3.63) is 0 Å². The molecule has 2 saturated heterocycles. The topological polar surface area (TPSA) is 41.6 Å². The Morgan fingerprint density at radius 3 is 2.50 bits per heavy atom. The Labute approximate surface area is 122 Å². The van der Waals surface area contributed by atoms with E-state index in [1.807, 2.05) is 0 Å². The van der Waals surface area contributed by atoms with Crippen molar-refractivity contribution < 1.29 is 9.53 Å². The maximum atomic E-state index is 12.0. The number of nitrogens with zero attached hydrogens (tertiary/aromatic N) is 1. The number of piperidine rings is 1. The number of carbonyl (C=O) groups is 1. The molecule has 1 amide bonds. The van der Waals surface area contributed by atoms with Crippen LogP contribution in [0.2, 0.25) is 0 Å². The second-order valence-corrected chi connectivity index (χ2v) is 6.75. The van der Waals surface area contributed by atoms with Gasteiger partial charge < -0.3 is 15.0 Å². The van der Waals surface area contributed by atoms with Gasteiger partial charge in [-0.25, -0.2) is 0 Å². The molecule has 3 aliphatic rings. The number of ether oxygens (including phenoxy) is 1. The van der Waals surface area contributed by atoms with Gasteiger partial charge in [0.15, 0.2) is 0 Å². The zero-order valence-corrected chi connectivity index (χ0v) is 12.5. The van der Waals surface area contributed by atoms with Crippen LogP contribution in [-0.2, 0) is 9.53 Å². The van der Waals surface area contributed by atoms with E-state index in [0.717, 1.165) is 38.5 Å². The molecule has 2 heterocycles. The Balaban J connectivity index is 1.36. The normalized spacial score (nSPS) is 29.9. The molecule has 0 aromatic rings. The lowest BCUT2D eigenvalue weighted by Crippen LogP contribution is -2.47. The monoisotopic (exact) mass is 280 g/mol. The molecule has 3 fully saturated rings. The third-order valence-electron chi connectivity index (χ3n) is 5.23. The molecular formula is C16H28N2O2. The third-order valence-corrected chi connectivity index (χ3v) is 5.23. The highest BCUT2D eigenvalue weighted by atomic mass is 16.5. The molecule has 0 radical (unpaired) electrons. The van der Waals surface area contributed by atoms with E-state index in [0.29, 0.717) is 18.4 Å². The fourth-order valence-corrected chi connectivity index (χ4v) is 3.97. The van der Waals surface area contributed by atoms with E-state index in [4.69, 9.17) is 4.74 Å². The highest BCUT2D eigenvalue weighted by Crippen LogP contribution is 2.26. The number of hydrogen-bond donors (Lipinski definition) is 1. The van der Waals surface area contributed by atoms with Gasteiger partial charge in [0.05, 0.1) is 0 Å². The zero-order valence-electron chi connectivity index (χ0n) is 12.5. The molecule has 1 aliphatic carbocycles. The summed E-state index contributed by atoms with van der Waals surface area (Å²) >= 11 is 0. The van der Waals surface area contributed by atoms with Crippen LogP contribution in [0, 0.1) is 5.92 Å². The lowest BCUT2D eigenvalue weighted by atomic mass is 10.0. The Morgan fingerprint density at radius 2 is 1.85 bits per heavy atom. The van der Waals surface area contributed by atoms with Gasteiger partial charge in [-0.1, -0.05) is 12.8 Å². The number of nitrogens with one attached hydrogen (secondary N) is 1. The summed E-state index contributed by atoms with van der Waals surface area (Å²) in [6.45, 7) is 3.94. The van der Waals surface area contributed by atoms with Gasteiger partial charge in [0.25, 0.3) is 0 Å². The van der Waals surface area contributed by atoms with Crippen LogP contribution in [0.5, 0.6) is 0 Å². The Morgan fingerprint density at radius 1 is 1.10 bits per heavy atom. The summed E-state index contributed by atoms with van der Waals surface area (Å²) in [5, 5.41) is 3.24. The largest absolute Gasteiger partial charge is 0.381 e. The van der Waals surface area contributed by atoms with Crippen molar-refractivity contribution in [3.63, 3.8) is 0 Å². The van der Waals surface area contributed by atoms with E-state index >= 15 is 0 Å². The van der Waals surface area contributed by atoms with Crippen LogP contribution in [0.15, 0.2) is 0 Å². The number of amides is 1. The van der Waals surface area contributed by atoms with Gasteiger partial charge in [0.2, 0.25) is 5.91 Å². The lowest BCUT2D eigenvalue weighted by Gasteiger charge is -2.36. The number of carbonyl (C=O) groups excluding carboxylic acids is 1. The first-order chi connectivity index (χ1) is 9.81. The Bertz CT molecular complexity index is 314. The van der Waals surface area contributed by atoms with Crippen LogP contribution in [0.4, 0.5) is 0 Å². The minimum Gasteiger partial charge on any atom is -0.381 e. The first-order valence-corrected chi connectivity index (χ1v) is 8.42. The van der Waals surface area contributed by atoms with Gasteiger partial charge in [-0.05, 0) is 38.0 Å². The van der Waals surface area contributed by atoms with E-state index in [9.17, 15) is 4.79 Å². The van der Waals surface area contributed by atoms with Crippen molar-refractivity contribution in [1.82, 2.24) is 10.2 Å². The fourth-order valence-electron chi connectivity index (χ4n) is 3.97. The highest BCUT2D eigenvalue weighted by molar-refractivity contribution is 5.76. The van der Waals surface area contributed by atoms with Crippen molar-refractivity contribution in [2.75, 3.05) is 26.3 Å². The molecule has 1 saturated carbocycles. The van der Waals surface area contributed by atoms with Gasteiger partial charge in [0.1, 0.15) is 0 Å². The summed E-state index contributed by atoms with van der Waals surface area (Å²) in [7, 11) is 0. The molecule has 0 aromatic heterocycles. The number of hydrogen-bond acceptors (Lipinski definition) is 3. The van der Waals surface area contributed by atoms with E-state index in [2.05, 4.69) is 10.2 Å². The average molecular weight is 280 g/mol. The van der Waals surface area contributed by atoms with Gasteiger partial charge in [-0.3, -0.25) is 4.79 Å². The Hall–Kier alpha value is -0.610. The van der Waals surface area contributed by atoms with Gasteiger partial charge in [0, 0.05) is 44.8 Å².